The standard InChI is InChI=1S/C30H24N2O5/c1-2-18-37-30(36)20-13-15-21(16-14-20)32-26(24-12-5-6-17-31-24)25(28(34)29(32)35)27(33)23-11-7-9-19-8-3-4-10-22(19)23/h3-17,26,33H,2,18H2,1H3/b27-25-. The number of anilines is 1. The van der Waals surface area contributed by atoms with Crippen molar-refractivity contribution in [3.63, 3.8) is 0 Å². The second-order valence-electron chi connectivity index (χ2n) is 8.63. The predicted molar refractivity (Wildman–Crippen MR) is 140 cm³/mol. The zero-order valence-corrected chi connectivity index (χ0v) is 20.1. The lowest BCUT2D eigenvalue weighted by Gasteiger charge is -2.24. The van der Waals surface area contributed by atoms with Crippen molar-refractivity contribution in [3.8, 4) is 0 Å². The number of aliphatic hydroxyl groups is 1. The molecule has 1 fully saturated rings. The van der Waals surface area contributed by atoms with Crippen LogP contribution in [0, 0.1) is 0 Å². The summed E-state index contributed by atoms with van der Waals surface area (Å²) in [5.41, 5.74) is 1.55. The van der Waals surface area contributed by atoms with Crippen LogP contribution >= 0.6 is 0 Å². The van der Waals surface area contributed by atoms with Crippen LogP contribution in [0.5, 0.6) is 0 Å². The Balaban J connectivity index is 1.64. The first kappa shape index (κ1) is 23.9. The number of carbonyl (C=O) groups is 3. The normalized spacial score (nSPS) is 16.8. The van der Waals surface area contributed by atoms with Gasteiger partial charge >= 0.3 is 5.97 Å². The first-order valence-electron chi connectivity index (χ1n) is 12.0. The van der Waals surface area contributed by atoms with E-state index in [0.29, 0.717) is 35.5 Å². The maximum atomic E-state index is 13.4. The molecule has 1 amide bonds. The van der Waals surface area contributed by atoms with Gasteiger partial charge in [0.25, 0.3) is 11.7 Å². The van der Waals surface area contributed by atoms with Crippen LogP contribution in [0.1, 0.15) is 41.0 Å². The third-order valence-corrected chi connectivity index (χ3v) is 6.28. The fraction of sp³-hybridized carbons (Fsp3) is 0.133. The molecule has 1 atom stereocenters. The highest BCUT2D eigenvalue weighted by Crippen LogP contribution is 2.42. The lowest BCUT2D eigenvalue weighted by atomic mass is 9.95. The Morgan fingerprint density at radius 2 is 1.68 bits per heavy atom. The molecule has 0 radical (unpaired) electrons. The maximum Gasteiger partial charge on any atom is 0.338 e. The molecule has 184 valence electrons. The highest BCUT2D eigenvalue weighted by atomic mass is 16.5. The van der Waals surface area contributed by atoms with Gasteiger partial charge < -0.3 is 9.84 Å². The minimum absolute atomic E-state index is 0.0496. The molecule has 7 heteroatoms. The smallest absolute Gasteiger partial charge is 0.338 e. The van der Waals surface area contributed by atoms with E-state index >= 15 is 0 Å². The predicted octanol–water partition coefficient (Wildman–Crippen LogP) is 5.43. The summed E-state index contributed by atoms with van der Waals surface area (Å²) in [4.78, 5) is 44.7. The van der Waals surface area contributed by atoms with Gasteiger partial charge in [0.2, 0.25) is 0 Å². The monoisotopic (exact) mass is 492 g/mol. The zero-order chi connectivity index (χ0) is 25.9. The topological polar surface area (TPSA) is 96.8 Å². The highest BCUT2D eigenvalue weighted by molar-refractivity contribution is 6.51. The van der Waals surface area contributed by atoms with Crippen molar-refractivity contribution in [3.05, 3.63) is 114 Å². The lowest BCUT2D eigenvalue weighted by molar-refractivity contribution is -0.132. The van der Waals surface area contributed by atoms with Gasteiger partial charge in [0.1, 0.15) is 11.8 Å². The minimum atomic E-state index is -0.960. The van der Waals surface area contributed by atoms with Gasteiger partial charge in [-0.1, -0.05) is 55.5 Å². The van der Waals surface area contributed by atoms with E-state index in [1.807, 2.05) is 37.3 Å². The Kier molecular flexibility index (Phi) is 6.51. The number of pyridine rings is 1. The Labute approximate surface area is 213 Å². The van der Waals surface area contributed by atoms with Crippen molar-refractivity contribution in [2.24, 2.45) is 0 Å². The summed E-state index contributed by atoms with van der Waals surface area (Å²) in [6, 6.07) is 23.4. The van der Waals surface area contributed by atoms with E-state index in [1.54, 1.807) is 60.8 Å². The van der Waals surface area contributed by atoms with E-state index in [0.717, 1.165) is 10.8 Å². The Hall–Kier alpha value is -4.78. The second kappa shape index (κ2) is 10.1. The summed E-state index contributed by atoms with van der Waals surface area (Å²) in [7, 11) is 0. The van der Waals surface area contributed by atoms with Crippen LogP contribution in [0.4, 0.5) is 5.69 Å². The van der Waals surface area contributed by atoms with Crippen molar-refractivity contribution in [2.75, 3.05) is 11.5 Å². The molecule has 4 aromatic rings. The molecule has 0 spiro atoms. The summed E-state index contributed by atoms with van der Waals surface area (Å²) in [6.07, 6.45) is 2.27. The van der Waals surface area contributed by atoms with Gasteiger partial charge in [-0.25, -0.2) is 4.79 Å². The van der Waals surface area contributed by atoms with Crippen LogP contribution < -0.4 is 4.90 Å². The SMILES string of the molecule is CCCOC(=O)c1ccc(N2C(=O)C(=O)/C(=C(\O)c3cccc4ccccc34)C2c2ccccn2)cc1. The number of amides is 1. The molecule has 37 heavy (non-hydrogen) atoms. The number of hydrogen-bond donors (Lipinski definition) is 1. The molecule has 1 aliphatic heterocycles. The van der Waals surface area contributed by atoms with Crippen molar-refractivity contribution < 1.29 is 24.2 Å². The third-order valence-electron chi connectivity index (χ3n) is 6.28. The Morgan fingerprint density at radius 1 is 0.946 bits per heavy atom. The molecule has 0 saturated carbocycles. The van der Waals surface area contributed by atoms with E-state index in [-0.39, 0.29) is 11.3 Å². The van der Waals surface area contributed by atoms with Gasteiger partial charge in [0.15, 0.2) is 0 Å². The molecule has 2 heterocycles. The van der Waals surface area contributed by atoms with Gasteiger partial charge in [0, 0.05) is 17.4 Å². The molecule has 1 aromatic heterocycles. The number of rotatable bonds is 6. The van der Waals surface area contributed by atoms with Gasteiger partial charge in [-0.3, -0.25) is 19.5 Å². The number of esters is 1. The number of hydrogen-bond acceptors (Lipinski definition) is 6. The summed E-state index contributed by atoms with van der Waals surface area (Å²) in [5.74, 6) is -2.34. The van der Waals surface area contributed by atoms with Crippen LogP contribution in [0.2, 0.25) is 0 Å². The van der Waals surface area contributed by atoms with Crippen molar-refractivity contribution in [1.29, 1.82) is 0 Å². The van der Waals surface area contributed by atoms with Crippen LogP contribution in [0.3, 0.4) is 0 Å². The molecule has 1 saturated heterocycles. The number of ether oxygens (including phenoxy) is 1. The number of benzene rings is 3. The maximum absolute atomic E-state index is 13.4. The Bertz CT molecular complexity index is 1520. The molecule has 5 rings (SSSR count). The highest BCUT2D eigenvalue weighted by Gasteiger charge is 2.47. The summed E-state index contributed by atoms with van der Waals surface area (Å²) >= 11 is 0. The number of ketones is 1. The molecule has 1 aliphatic rings. The van der Waals surface area contributed by atoms with E-state index in [2.05, 4.69) is 4.98 Å². The number of aliphatic hydroxyl groups excluding tert-OH is 1. The summed E-state index contributed by atoms with van der Waals surface area (Å²) in [6.45, 7) is 2.21. The van der Waals surface area contributed by atoms with Crippen molar-refractivity contribution >= 4 is 39.9 Å². The molecule has 0 bridgehead atoms. The minimum Gasteiger partial charge on any atom is -0.507 e. The van der Waals surface area contributed by atoms with Gasteiger partial charge in [0.05, 0.1) is 23.4 Å². The van der Waals surface area contributed by atoms with Crippen LogP contribution in [0.15, 0.2) is 96.7 Å². The molecule has 7 nitrogen and oxygen atoms in total. The lowest BCUT2D eigenvalue weighted by Crippen LogP contribution is -2.29. The molecule has 0 aliphatic carbocycles. The molecule has 3 aromatic carbocycles. The fourth-order valence-corrected chi connectivity index (χ4v) is 4.53. The fourth-order valence-electron chi connectivity index (χ4n) is 4.53. The van der Waals surface area contributed by atoms with Gasteiger partial charge in [-0.05, 0) is 53.6 Å². The average molecular weight is 493 g/mol. The number of aromatic nitrogens is 1. The number of nitrogens with zero attached hydrogens (tertiary/aromatic N) is 2. The number of Topliss-reactive ketones (excluding diaryl/α,β-unsaturated/α-hetero) is 1. The van der Waals surface area contributed by atoms with E-state index < -0.39 is 23.7 Å². The zero-order valence-electron chi connectivity index (χ0n) is 20.1. The van der Waals surface area contributed by atoms with Gasteiger partial charge in [-0.2, -0.15) is 0 Å². The second-order valence-corrected chi connectivity index (χ2v) is 8.63. The van der Waals surface area contributed by atoms with E-state index in [9.17, 15) is 19.5 Å². The van der Waals surface area contributed by atoms with E-state index in [1.165, 1.54) is 4.90 Å². The van der Waals surface area contributed by atoms with Crippen LogP contribution in [0.25, 0.3) is 16.5 Å². The first-order valence-corrected chi connectivity index (χ1v) is 12.0. The number of carbonyl (C=O) groups excluding carboxylic acids is 3. The average Bonchev–Trinajstić information content (AvgIpc) is 3.21. The largest absolute Gasteiger partial charge is 0.507 e. The summed E-state index contributed by atoms with van der Waals surface area (Å²) < 4.78 is 5.18. The molecular weight excluding hydrogens is 468 g/mol. The van der Waals surface area contributed by atoms with Gasteiger partial charge in [-0.15, -0.1) is 0 Å². The van der Waals surface area contributed by atoms with Crippen LogP contribution in [-0.2, 0) is 14.3 Å². The quantitative estimate of drug-likeness (QED) is 0.167. The molecular formula is C30H24N2O5. The third kappa shape index (κ3) is 4.36. The van der Waals surface area contributed by atoms with Crippen molar-refractivity contribution in [1.82, 2.24) is 4.98 Å². The first-order chi connectivity index (χ1) is 18.0. The van der Waals surface area contributed by atoms with Crippen molar-refractivity contribution in [2.45, 2.75) is 19.4 Å². The molecule has 1 unspecified atom stereocenters. The van der Waals surface area contributed by atoms with Crippen LogP contribution in [-0.4, -0.2) is 34.4 Å². The summed E-state index contributed by atoms with van der Waals surface area (Å²) in [5, 5.41) is 13.1. The Morgan fingerprint density at radius 3 is 2.41 bits per heavy atom. The molecule has 1 N–H and O–H groups in total. The van der Waals surface area contributed by atoms with E-state index in [4.69, 9.17) is 4.74 Å². The number of fused-ring (bicyclic) bond motifs is 1.